The molecule has 0 saturated carbocycles. The van der Waals surface area contributed by atoms with Gasteiger partial charge in [-0.3, -0.25) is 19.2 Å². The van der Waals surface area contributed by atoms with Crippen LogP contribution in [-0.4, -0.2) is 58.5 Å². The first-order valence-electron chi connectivity index (χ1n) is 8.66. The second-order valence-electron chi connectivity index (χ2n) is 7.60. The normalized spacial score (nSPS) is 17.1. The van der Waals surface area contributed by atoms with Crippen molar-refractivity contribution < 1.29 is 9.21 Å². The maximum Gasteiger partial charge on any atom is 0.421 e. The van der Waals surface area contributed by atoms with Crippen LogP contribution >= 0.6 is 0 Å². The molecule has 1 aromatic carbocycles. The number of aromatic nitrogens is 1. The van der Waals surface area contributed by atoms with Crippen molar-refractivity contribution in [1.29, 1.82) is 0 Å². The van der Waals surface area contributed by atoms with Gasteiger partial charge >= 0.3 is 5.76 Å². The fourth-order valence-electron chi connectivity index (χ4n) is 3.10. The average molecular weight is 346 g/mol. The summed E-state index contributed by atoms with van der Waals surface area (Å²) in [5.74, 6) is -0.272. The van der Waals surface area contributed by atoms with Crippen molar-refractivity contribution >= 4 is 17.0 Å². The Balaban J connectivity index is 1.55. The van der Waals surface area contributed by atoms with Gasteiger partial charge in [-0.1, -0.05) is 12.1 Å². The largest absolute Gasteiger partial charge is 0.421 e. The van der Waals surface area contributed by atoms with Gasteiger partial charge in [-0.2, -0.15) is 0 Å². The number of para-hydroxylation sites is 2. The van der Waals surface area contributed by atoms with Crippen LogP contribution < -0.4 is 11.1 Å². The summed E-state index contributed by atoms with van der Waals surface area (Å²) >= 11 is 0. The average Bonchev–Trinajstić information content (AvgIpc) is 2.83. The molecular weight excluding hydrogens is 320 g/mol. The number of carbonyl (C=O) groups excluding carboxylic acids is 1. The minimum atomic E-state index is -0.326. The molecule has 0 aliphatic carbocycles. The molecule has 1 aromatic heterocycles. The predicted molar refractivity (Wildman–Crippen MR) is 96.4 cm³/mol. The van der Waals surface area contributed by atoms with Crippen LogP contribution in [-0.2, 0) is 11.5 Å². The van der Waals surface area contributed by atoms with Gasteiger partial charge in [0.05, 0.1) is 18.7 Å². The summed E-state index contributed by atoms with van der Waals surface area (Å²) in [4.78, 5) is 28.4. The lowest BCUT2D eigenvalue weighted by Gasteiger charge is -2.34. The molecule has 0 bridgehead atoms. The third-order valence-electron chi connectivity index (χ3n) is 4.26. The molecule has 0 atom stereocenters. The van der Waals surface area contributed by atoms with E-state index < -0.39 is 0 Å². The summed E-state index contributed by atoms with van der Waals surface area (Å²) < 4.78 is 6.94. The minimum absolute atomic E-state index is 0.0537. The summed E-state index contributed by atoms with van der Waals surface area (Å²) in [5.41, 5.74) is 1.23. The van der Waals surface area contributed by atoms with E-state index in [4.69, 9.17) is 4.42 Å². The van der Waals surface area contributed by atoms with Crippen LogP contribution in [0.5, 0.6) is 0 Å². The van der Waals surface area contributed by atoms with Crippen molar-refractivity contribution in [2.75, 3.05) is 32.7 Å². The first kappa shape index (κ1) is 17.7. The number of hydrogen-bond donors (Lipinski definition) is 1. The molecule has 2 heterocycles. The lowest BCUT2D eigenvalue weighted by molar-refractivity contribution is -0.124. The van der Waals surface area contributed by atoms with Gasteiger partial charge in [-0.25, -0.2) is 4.79 Å². The van der Waals surface area contributed by atoms with Crippen molar-refractivity contribution in [2.45, 2.75) is 33.0 Å². The first-order valence-corrected chi connectivity index (χ1v) is 8.66. The molecule has 7 heteroatoms. The SMILES string of the molecule is CC(C)(C)NC(=O)CN1CCN(Cn2c(=O)oc3ccccc32)CC1. The molecule has 1 amide bonds. The fraction of sp³-hybridized carbons (Fsp3) is 0.556. The highest BCUT2D eigenvalue weighted by Crippen LogP contribution is 2.13. The standard InChI is InChI=1S/C18H26N4O3/c1-18(2,3)19-16(23)12-20-8-10-21(11-9-20)13-22-14-6-4-5-7-15(14)25-17(22)24/h4-7H,8-13H2,1-3H3,(H,19,23). The zero-order chi connectivity index (χ0) is 18.0. The number of oxazole rings is 1. The summed E-state index contributed by atoms with van der Waals surface area (Å²) in [5, 5.41) is 2.99. The zero-order valence-electron chi connectivity index (χ0n) is 15.1. The number of piperazine rings is 1. The second kappa shape index (κ2) is 7.01. The van der Waals surface area contributed by atoms with E-state index in [1.807, 2.05) is 39.0 Å². The lowest BCUT2D eigenvalue weighted by atomic mass is 10.1. The van der Waals surface area contributed by atoms with Gasteiger partial charge in [-0.05, 0) is 32.9 Å². The molecule has 1 N–H and O–H groups in total. The Morgan fingerprint density at radius 2 is 1.76 bits per heavy atom. The van der Waals surface area contributed by atoms with Crippen LogP contribution in [0.2, 0.25) is 0 Å². The topological polar surface area (TPSA) is 70.7 Å². The predicted octanol–water partition coefficient (Wildman–Crippen LogP) is 1.08. The van der Waals surface area contributed by atoms with E-state index in [-0.39, 0.29) is 17.2 Å². The number of amides is 1. The maximum atomic E-state index is 12.1. The molecule has 136 valence electrons. The van der Waals surface area contributed by atoms with Crippen LogP contribution in [0, 0.1) is 0 Å². The van der Waals surface area contributed by atoms with Gasteiger partial charge < -0.3 is 9.73 Å². The molecule has 1 saturated heterocycles. The summed E-state index contributed by atoms with van der Waals surface area (Å²) in [6.45, 7) is 10.1. The summed E-state index contributed by atoms with van der Waals surface area (Å²) in [7, 11) is 0. The molecule has 2 aromatic rings. The number of fused-ring (bicyclic) bond motifs is 1. The highest BCUT2D eigenvalue weighted by Gasteiger charge is 2.22. The quantitative estimate of drug-likeness (QED) is 0.897. The second-order valence-corrected chi connectivity index (χ2v) is 7.60. The van der Waals surface area contributed by atoms with Crippen LogP contribution in [0.15, 0.2) is 33.5 Å². The lowest BCUT2D eigenvalue weighted by Crippen LogP contribution is -2.52. The molecule has 0 spiro atoms. The van der Waals surface area contributed by atoms with E-state index in [9.17, 15) is 9.59 Å². The van der Waals surface area contributed by atoms with Crippen molar-refractivity contribution in [2.24, 2.45) is 0 Å². The first-order chi connectivity index (χ1) is 11.8. The number of nitrogens with one attached hydrogen (secondary N) is 1. The van der Waals surface area contributed by atoms with E-state index in [0.29, 0.717) is 18.8 Å². The Labute approximate surface area is 147 Å². The molecule has 3 rings (SSSR count). The van der Waals surface area contributed by atoms with E-state index in [2.05, 4.69) is 15.1 Å². The Morgan fingerprint density at radius 1 is 1.12 bits per heavy atom. The summed E-state index contributed by atoms with van der Waals surface area (Å²) in [6, 6.07) is 7.46. The summed E-state index contributed by atoms with van der Waals surface area (Å²) in [6.07, 6.45) is 0. The number of hydrogen-bond acceptors (Lipinski definition) is 5. The highest BCUT2D eigenvalue weighted by molar-refractivity contribution is 5.78. The van der Waals surface area contributed by atoms with Gasteiger partial charge in [0.15, 0.2) is 5.58 Å². The Kier molecular flexibility index (Phi) is 4.96. The molecule has 1 fully saturated rings. The number of benzene rings is 1. The van der Waals surface area contributed by atoms with Gasteiger partial charge in [0.2, 0.25) is 5.91 Å². The Morgan fingerprint density at radius 3 is 2.44 bits per heavy atom. The monoisotopic (exact) mass is 346 g/mol. The maximum absolute atomic E-state index is 12.1. The van der Waals surface area contributed by atoms with Gasteiger partial charge in [0.1, 0.15) is 0 Å². The van der Waals surface area contributed by atoms with Crippen LogP contribution in [0.1, 0.15) is 20.8 Å². The van der Waals surface area contributed by atoms with E-state index in [1.165, 1.54) is 0 Å². The third-order valence-corrected chi connectivity index (χ3v) is 4.26. The fourth-order valence-corrected chi connectivity index (χ4v) is 3.10. The van der Waals surface area contributed by atoms with Crippen LogP contribution in [0.3, 0.4) is 0 Å². The van der Waals surface area contributed by atoms with Crippen molar-refractivity contribution in [3.8, 4) is 0 Å². The van der Waals surface area contributed by atoms with Crippen molar-refractivity contribution in [3.05, 3.63) is 34.8 Å². The highest BCUT2D eigenvalue weighted by atomic mass is 16.4. The Bertz CT molecular complexity index is 794. The molecular formula is C18H26N4O3. The molecule has 7 nitrogen and oxygen atoms in total. The van der Waals surface area contributed by atoms with E-state index in [1.54, 1.807) is 10.6 Å². The zero-order valence-corrected chi connectivity index (χ0v) is 15.1. The molecule has 0 unspecified atom stereocenters. The molecule has 0 radical (unpaired) electrons. The van der Waals surface area contributed by atoms with E-state index >= 15 is 0 Å². The van der Waals surface area contributed by atoms with E-state index in [0.717, 1.165) is 31.7 Å². The molecule has 25 heavy (non-hydrogen) atoms. The Hall–Kier alpha value is -2.12. The molecule has 1 aliphatic rings. The van der Waals surface area contributed by atoms with Crippen molar-refractivity contribution in [3.63, 3.8) is 0 Å². The van der Waals surface area contributed by atoms with Gasteiger partial charge in [-0.15, -0.1) is 0 Å². The smallest absolute Gasteiger partial charge is 0.408 e. The third kappa shape index (κ3) is 4.49. The molecule has 1 aliphatic heterocycles. The minimum Gasteiger partial charge on any atom is -0.408 e. The number of nitrogens with zero attached hydrogens (tertiary/aromatic N) is 3. The van der Waals surface area contributed by atoms with Gasteiger partial charge in [0, 0.05) is 31.7 Å². The number of carbonyl (C=O) groups is 1. The van der Waals surface area contributed by atoms with Crippen LogP contribution in [0.4, 0.5) is 0 Å². The van der Waals surface area contributed by atoms with Crippen LogP contribution in [0.25, 0.3) is 11.1 Å². The number of rotatable bonds is 4. The van der Waals surface area contributed by atoms with Crippen molar-refractivity contribution in [1.82, 2.24) is 19.7 Å². The van der Waals surface area contributed by atoms with Gasteiger partial charge in [0.25, 0.3) is 0 Å².